The van der Waals surface area contributed by atoms with Gasteiger partial charge in [0, 0.05) is 0 Å². The van der Waals surface area contributed by atoms with Gasteiger partial charge < -0.3 is 19.9 Å². The van der Waals surface area contributed by atoms with Gasteiger partial charge in [-0.15, -0.1) is 0 Å². The average molecular weight is 257 g/mol. The summed E-state index contributed by atoms with van der Waals surface area (Å²) in [5.74, 6) is -1.19. The average Bonchev–Trinajstić information content (AvgIpc) is 2.87. The summed E-state index contributed by atoms with van der Waals surface area (Å²) in [7, 11) is 0. The van der Waals surface area contributed by atoms with Gasteiger partial charge in [0.25, 0.3) is 0 Å². The van der Waals surface area contributed by atoms with E-state index in [2.05, 4.69) is 5.32 Å². The van der Waals surface area contributed by atoms with E-state index < -0.39 is 23.5 Å². The lowest BCUT2D eigenvalue weighted by Crippen LogP contribution is -2.52. The smallest absolute Gasteiger partial charge is 0.313 e. The Kier molecular flexibility index (Phi) is 3.59. The molecule has 2 heterocycles. The molecule has 4 unspecified atom stereocenters. The number of nitrogens with one attached hydrogen (secondary N) is 1. The van der Waals surface area contributed by atoms with Gasteiger partial charge in [0.15, 0.2) is 0 Å². The fraction of sp³-hybridized carbons (Fsp3) is 0.833. The van der Waals surface area contributed by atoms with Crippen LogP contribution in [0.1, 0.15) is 26.7 Å². The molecule has 2 rings (SSSR count). The van der Waals surface area contributed by atoms with Gasteiger partial charge in [0.05, 0.1) is 25.4 Å². The Hall–Kier alpha value is -1.14. The van der Waals surface area contributed by atoms with E-state index in [1.54, 1.807) is 6.92 Å². The van der Waals surface area contributed by atoms with Crippen molar-refractivity contribution < 1.29 is 24.2 Å². The molecule has 2 fully saturated rings. The van der Waals surface area contributed by atoms with Crippen LogP contribution in [0.5, 0.6) is 0 Å². The lowest BCUT2D eigenvalue weighted by Gasteiger charge is -2.26. The Bertz CT molecular complexity index is 358. The normalized spacial score (nSPS) is 39.8. The van der Waals surface area contributed by atoms with Crippen LogP contribution in [0.3, 0.4) is 0 Å². The first-order valence-corrected chi connectivity index (χ1v) is 6.20. The van der Waals surface area contributed by atoms with Gasteiger partial charge in [-0.25, -0.2) is 0 Å². The van der Waals surface area contributed by atoms with E-state index in [9.17, 15) is 14.7 Å². The first-order chi connectivity index (χ1) is 8.43. The maximum absolute atomic E-state index is 12.0. The molecule has 0 spiro atoms. The molecule has 0 aliphatic carbocycles. The number of carboxylic acid groups (broad SMARTS) is 1. The first-order valence-electron chi connectivity index (χ1n) is 6.20. The minimum absolute atomic E-state index is 0.0893. The molecule has 6 nitrogen and oxygen atoms in total. The van der Waals surface area contributed by atoms with Gasteiger partial charge in [0.1, 0.15) is 11.5 Å². The highest BCUT2D eigenvalue weighted by molar-refractivity contribution is 5.83. The number of hydrogen-bond acceptors (Lipinski definition) is 4. The number of aliphatic carboxylic acids is 1. The van der Waals surface area contributed by atoms with Crippen molar-refractivity contribution in [1.82, 2.24) is 5.32 Å². The van der Waals surface area contributed by atoms with E-state index >= 15 is 0 Å². The molecule has 0 radical (unpaired) electrons. The van der Waals surface area contributed by atoms with E-state index in [-0.39, 0.29) is 25.2 Å². The fourth-order valence-corrected chi connectivity index (χ4v) is 2.35. The summed E-state index contributed by atoms with van der Waals surface area (Å²) in [4.78, 5) is 23.2. The summed E-state index contributed by atoms with van der Waals surface area (Å²) < 4.78 is 10.6. The van der Waals surface area contributed by atoms with Crippen LogP contribution in [0.2, 0.25) is 0 Å². The molecule has 2 aliphatic rings. The Morgan fingerprint density at radius 2 is 2.11 bits per heavy atom. The maximum Gasteiger partial charge on any atom is 0.313 e. The number of hydrogen-bond donors (Lipinski definition) is 2. The Morgan fingerprint density at radius 1 is 1.39 bits per heavy atom. The summed E-state index contributed by atoms with van der Waals surface area (Å²) in [6.07, 6.45) is 1.17. The molecule has 0 saturated carbocycles. The zero-order chi connectivity index (χ0) is 13.3. The van der Waals surface area contributed by atoms with Gasteiger partial charge in [-0.1, -0.05) is 0 Å². The van der Waals surface area contributed by atoms with Crippen molar-refractivity contribution in [2.45, 2.75) is 44.9 Å². The monoisotopic (exact) mass is 257 g/mol. The summed E-state index contributed by atoms with van der Waals surface area (Å²) in [6, 6.07) is -0.498. The van der Waals surface area contributed by atoms with Crippen molar-refractivity contribution in [3.8, 4) is 0 Å². The third-order valence-electron chi connectivity index (χ3n) is 3.78. The number of amides is 1. The third kappa shape index (κ3) is 2.35. The lowest BCUT2D eigenvalue weighted by atomic mass is 9.85. The van der Waals surface area contributed by atoms with Crippen LogP contribution >= 0.6 is 0 Å². The molecular weight excluding hydrogens is 238 g/mol. The molecule has 2 N–H and O–H groups in total. The number of rotatable bonds is 3. The second-order valence-electron chi connectivity index (χ2n) is 5.31. The summed E-state index contributed by atoms with van der Waals surface area (Å²) in [5, 5.41) is 11.9. The molecule has 2 aliphatic heterocycles. The van der Waals surface area contributed by atoms with Crippen molar-refractivity contribution >= 4 is 11.9 Å². The van der Waals surface area contributed by atoms with Gasteiger partial charge in [-0.05, 0) is 26.7 Å². The molecule has 0 aromatic carbocycles. The van der Waals surface area contributed by atoms with E-state index in [1.807, 2.05) is 6.92 Å². The predicted molar refractivity (Wildman–Crippen MR) is 62.1 cm³/mol. The Balaban J connectivity index is 1.96. The standard InChI is InChI=1S/C12H19NO5/c1-7-3-4-8(18-7)10(14)13-9-5-17-6-12(9,2)11(15)16/h7-9H,3-6H2,1-2H3,(H,13,14)(H,15,16). The highest BCUT2D eigenvalue weighted by Gasteiger charge is 2.48. The summed E-state index contributed by atoms with van der Waals surface area (Å²) in [5.41, 5.74) is -1.06. The minimum Gasteiger partial charge on any atom is -0.481 e. The number of carboxylic acids is 1. The largest absolute Gasteiger partial charge is 0.481 e. The molecule has 4 atom stereocenters. The summed E-state index contributed by atoms with van der Waals surface area (Å²) in [6.45, 7) is 3.87. The SMILES string of the molecule is CC1CCC(C(=O)NC2COCC2(C)C(=O)O)O1. The van der Waals surface area contributed by atoms with Crippen LogP contribution in [0.15, 0.2) is 0 Å². The van der Waals surface area contributed by atoms with Gasteiger partial charge in [-0.2, -0.15) is 0 Å². The summed E-state index contributed by atoms with van der Waals surface area (Å²) >= 11 is 0. The van der Waals surface area contributed by atoms with Gasteiger partial charge >= 0.3 is 5.97 Å². The van der Waals surface area contributed by atoms with E-state index in [1.165, 1.54) is 0 Å². The van der Waals surface area contributed by atoms with Crippen LogP contribution in [0, 0.1) is 5.41 Å². The number of carbonyl (C=O) groups excluding carboxylic acids is 1. The minimum atomic E-state index is -1.06. The van der Waals surface area contributed by atoms with E-state index in [0.29, 0.717) is 6.42 Å². The Morgan fingerprint density at radius 3 is 2.67 bits per heavy atom. The highest BCUT2D eigenvalue weighted by Crippen LogP contribution is 2.29. The predicted octanol–water partition coefficient (Wildman–Crippen LogP) is 0.160. The number of ether oxygens (including phenoxy) is 2. The second kappa shape index (κ2) is 4.85. The van der Waals surface area contributed by atoms with Crippen molar-refractivity contribution in [2.24, 2.45) is 5.41 Å². The van der Waals surface area contributed by atoms with Crippen molar-refractivity contribution in [3.63, 3.8) is 0 Å². The molecule has 18 heavy (non-hydrogen) atoms. The number of carbonyl (C=O) groups is 2. The molecule has 2 saturated heterocycles. The van der Waals surface area contributed by atoms with Gasteiger partial charge in [-0.3, -0.25) is 9.59 Å². The van der Waals surface area contributed by atoms with Crippen molar-refractivity contribution in [1.29, 1.82) is 0 Å². The topological polar surface area (TPSA) is 84.9 Å². The van der Waals surface area contributed by atoms with Crippen molar-refractivity contribution in [3.05, 3.63) is 0 Å². The van der Waals surface area contributed by atoms with E-state index in [0.717, 1.165) is 6.42 Å². The zero-order valence-electron chi connectivity index (χ0n) is 10.6. The van der Waals surface area contributed by atoms with Crippen LogP contribution in [0.4, 0.5) is 0 Å². The fourth-order valence-electron chi connectivity index (χ4n) is 2.35. The second-order valence-corrected chi connectivity index (χ2v) is 5.31. The molecular formula is C12H19NO5. The zero-order valence-corrected chi connectivity index (χ0v) is 10.6. The quantitative estimate of drug-likeness (QED) is 0.752. The molecule has 102 valence electrons. The molecule has 1 amide bonds. The maximum atomic E-state index is 12.0. The first kappa shape index (κ1) is 13.3. The van der Waals surface area contributed by atoms with Crippen molar-refractivity contribution in [2.75, 3.05) is 13.2 Å². The van der Waals surface area contributed by atoms with E-state index in [4.69, 9.17) is 9.47 Å². The van der Waals surface area contributed by atoms with Crippen LogP contribution in [-0.2, 0) is 19.1 Å². The van der Waals surface area contributed by atoms with Gasteiger partial charge in [0.2, 0.25) is 5.91 Å². The molecule has 0 bridgehead atoms. The third-order valence-corrected chi connectivity index (χ3v) is 3.78. The Labute approximate surface area is 106 Å². The highest BCUT2D eigenvalue weighted by atomic mass is 16.5. The molecule has 6 heteroatoms. The van der Waals surface area contributed by atoms with Crippen LogP contribution < -0.4 is 5.32 Å². The molecule has 0 aromatic heterocycles. The van der Waals surface area contributed by atoms with Crippen LogP contribution in [-0.4, -0.2) is 48.4 Å². The lowest BCUT2D eigenvalue weighted by molar-refractivity contribution is -0.149. The molecule has 0 aromatic rings. The van der Waals surface area contributed by atoms with Crippen LogP contribution in [0.25, 0.3) is 0 Å².